The molecular formula is C16H13ClN2O2. The van der Waals surface area contributed by atoms with Crippen molar-refractivity contribution in [3.63, 3.8) is 0 Å². The molecule has 21 heavy (non-hydrogen) atoms. The van der Waals surface area contributed by atoms with Gasteiger partial charge in [-0.25, -0.2) is 0 Å². The van der Waals surface area contributed by atoms with E-state index in [4.69, 9.17) is 16.9 Å². The molecule has 2 aromatic rings. The van der Waals surface area contributed by atoms with Crippen LogP contribution in [0.1, 0.15) is 17.5 Å². The highest BCUT2D eigenvalue weighted by Crippen LogP contribution is 2.21. The summed E-state index contributed by atoms with van der Waals surface area (Å²) in [6.45, 7) is 0. The smallest absolute Gasteiger partial charge is 0.224 e. The van der Waals surface area contributed by atoms with Crippen molar-refractivity contribution < 1.29 is 9.90 Å². The van der Waals surface area contributed by atoms with Crippen LogP contribution in [0.4, 0.5) is 5.69 Å². The van der Waals surface area contributed by atoms with E-state index < -0.39 is 0 Å². The van der Waals surface area contributed by atoms with Crippen LogP contribution in [0.2, 0.25) is 5.02 Å². The maximum atomic E-state index is 11.9. The Morgan fingerprint density at radius 3 is 2.81 bits per heavy atom. The molecule has 0 saturated heterocycles. The molecule has 0 spiro atoms. The number of aromatic hydroxyl groups is 1. The molecule has 106 valence electrons. The summed E-state index contributed by atoms with van der Waals surface area (Å²) in [5, 5.41) is 21.5. The van der Waals surface area contributed by atoms with E-state index in [-0.39, 0.29) is 18.1 Å². The molecule has 5 heteroatoms. The number of anilines is 1. The van der Waals surface area contributed by atoms with Crippen molar-refractivity contribution in [1.82, 2.24) is 0 Å². The first-order valence-corrected chi connectivity index (χ1v) is 6.73. The molecule has 0 bridgehead atoms. The van der Waals surface area contributed by atoms with E-state index in [0.29, 0.717) is 22.7 Å². The van der Waals surface area contributed by atoms with Crippen LogP contribution >= 0.6 is 11.6 Å². The number of phenols is 1. The van der Waals surface area contributed by atoms with Crippen molar-refractivity contribution in [3.8, 4) is 11.8 Å². The Kier molecular flexibility index (Phi) is 4.81. The molecule has 4 nitrogen and oxygen atoms in total. The van der Waals surface area contributed by atoms with Gasteiger partial charge in [-0.05, 0) is 42.3 Å². The van der Waals surface area contributed by atoms with Gasteiger partial charge in [0.05, 0.1) is 11.3 Å². The first-order chi connectivity index (χ1) is 10.1. The topological polar surface area (TPSA) is 73.1 Å². The number of carbonyl (C=O) groups excluding carboxylic acids is 1. The number of nitrogens with one attached hydrogen (secondary N) is 1. The third-order valence-corrected chi connectivity index (χ3v) is 3.16. The molecule has 2 aromatic carbocycles. The van der Waals surface area contributed by atoms with Crippen LogP contribution in [0, 0.1) is 11.3 Å². The van der Waals surface area contributed by atoms with E-state index in [1.54, 1.807) is 36.4 Å². The number of hydrogen-bond donors (Lipinski definition) is 2. The van der Waals surface area contributed by atoms with Gasteiger partial charge >= 0.3 is 0 Å². The van der Waals surface area contributed by atoms with Gasteiger partial charge in [-0.15, -0.1) is 0 Å². The Labute approximate surface area is 127 Å². The van der Waals surface area contributed by atoms with Gasteiger partial charge in [0.15, 0.2) is 0 Å². The molecule has 0 aromatic heterocycles. The van der Waals surface area contributed by atoms with Crippen molar-refractivity contribution in [2.45, 2.75) is 12.8 Å². The van der Waals surface area contributed by atoms with Crippen molar-refractivity contribution in [2.24, 2.45) is 0 Å². The molecule has 0 unspecified atom stereocenters. The summed E-state index contributed by atoms with van der Waals surface area (Å²) in [4.78, 5) is 11.9. The minimum absolute atomic E-state index is 0.175. The Balaban J connectivity index is 1.99. The van der Waals surface area contributed by atoms with Crippen molar-refractivity contribution in [1.29, 1.82) is 5.26 Å². The molecule has 0 saturated carbocycles. The predicted molar refractivity (Wildman–Crippen MR) is 81.2 cm³/mol. The standard InChI is InChI=1S/C16H13ClN2O2/c17-13-6-5-12(10-18)15(9-13)19-16(21)7-4-11-2-1-3-14(20)8-11/h1-3,5-6,8-9,20H,4,7H2,(H,19,21). The monoisotopic (exact) mass is 300 g/mol. The lowest BCUT2D eigenvalue weighted by Gasteiger charge is -2.07. The lowest BCUT2D eigenvalue weighted by atomic mass is 10.1. The normalized spacial score (nSPS) is 9.90. The SMILES string of the molecule is N#Cc1ccc(Cl)cc1NC(=O)CCc1cccc(O)c1. The summed E-state index contributed by atoms with van der Waals surface area (Å²) >= 11 is 5.86. The molecule has 0 atom stereocenters. The maximum absolute atomic E-state index is 11.9. The van der Waals surface area contributed by atoms with Gasteiger partial charge in [0.1, 0.15) is 11.8 Å². The van der Waals surface area contributed by atoms with Crippen molar-refractivity contribution in [3.05, 3.63) is 58.6 Å². The van der Waals surface area contributed by atoms with E-state index in [2.05, 4.69) is 5.32 Å². The summed E-state index contributed by atoms with van der Waals surface area (Å²) < 4.78 is 0. The second kappa shape index (κ2) is 6.78. The minimum Gasteiger partial charge on any atom is -0.508 e. The second-order valence-electron chi connectivity index (χ2n) is 4.52. The lowest BCUT2D eigenvalue weighted by Crippen LogP contribution is -2.13. The number of carbonyl (C=O) groups is 1. The molecule has 0 aliphatic carbocycles. The maximum Gasteiger partial charge on any atom is 0.224 e. The number of benzene rings is 2. The molecule has 0 fully saturated rings. The van der Waals surface area contributed by atoms with E-state index in [9.17, 15) is 9.90 Å². The number of halogens is 1. The Morgan fingerprint density at radius 1 is 1.29 bits per heavy atom. The van der Waals surface area contributed by atoms with Crippen LogP contribution in [0.15, 0.2) is 42.5 Å². The molecule has 2 rings (SSSR count). The average Bonchev–Trinajstić information content (AvgIpc) is 2.45. The number of rotatable bonds is 4. The second-order valence-corrected chi connectivity index (χ2v) is 4.96. The van der Waals surface area contributed by atoms with Crippen LogP contribution in [0.3, 0.4) is 0 Å². The number of phenolic OH excluding ortho intramolecular Hbond substituents is 1. The van der Waals surface area contributed by atoms with Crippen LogP contribution in [-0.2, 0) is 11.2 Å². The van der Waals surface area contributed by atoms with Crippen LogP contribution in [0.25, 0.3) is 0 Å². The minimum atomic E-state index is -0.211. The lowest BCUT2D eigenvalue weighted by molar-refractivity contribution is -0.116. The van der Waals surface area contributed by atoms with Gasteiger partial charge in [0.25, 0.3) is 0 Å². The molecule has 0 aliphatic heterocycles. The predicted octanol–water partition coefficient (Wildman–Crippen LogP) is 3.49. The Hall–Kier alpha value is -2.51. The fourth-order valence-corrected chi connectivity index (χ4v) is 2.07. The van der Waals surface area contributed by atoms with E-state index in [1.165, 1.54) is 0 Å². The quantitative estimate of drug-likeness (QED) is 0.907. The van der Waals surface area contributed by atoms with Crippen LogP contribution < -0.4 is 5.32 Å². The summed E-state index contributed by atoms with van der Waals surface area (Å²) in [6.07, 6.45) is 0.753. The molecule has 0 radical (unpaired) electrons. The zero-order valence-corrected chi connectivity index (χ0v) is 11.9. The third kappa shape index (κ3) is 4.23. The summed E-state index contributed by atoms with van der Waals surface area (Å²) in [5.74, 6) is -0.0355. The van der Waals surface area contributed by atoms with Crippen molar-refractivity contribution >= 4 is 23.2 Å². The summed E-state index contributed by atoms with van der Waals surface area (Å²) in [5.41, 5.74) is 1.65. The molecule has 0 heterocycles. The number of hydrogen-bond acceptors (Lipinski definition) is 3. The highest BCUT2D eigenvalue weighted by atomic mass is 35.5. The highest BCUT2D eigenvalue weighted by molar-refractivity contribution is 6.31. The molecule has 2 N–H and O–H groups in total. The number of amides is 1. The van der Waals surface area contributed by atoms with Gasteiger partial charge in [0.2, 0.25) is 5.91 Å². The Morgan fingerprint density at radius 2 is 2.10 bits per heavy atom. The van der Waals surface area contributed by atoms with Crippen LogP contribution in [0.5, 0.6) is 5.75 Å². The molecule has 0 aliphatic rings. The van der Waals surface area contributed by atoms with Gasteiger partial charge in [-0.3, -0.25) is 4.79 Å². The van der Waals surface area contributed by atoms with Crippen molar-refractivity contribution in [2.75, 3.05) is 5.32 Å². The van der Waals surface area contributed by atoms with E-state index in [1.807, 2.05) is 12.1 Å². The van der Waals surface area contributed by atoms with E-state index >= 15 is 0 Å². The third-order valence-electron chi connectivity index (χ3n) is 2.93. The summed E-state index contributed by atoms with van der Waals surface area (Å²) in [6, 6.07) is 13.5. The van der Waals surface area contributed by atoms with Gasteiger partial charge in [-0.2, -0.15) is 5.26 Å². The van der Waals surface area contributed by atoms with Gasteiger partial charge in [-0.1, -0.05) is 23.7 Å². The first kappa shape index (κ1) is 14.9. The highest BCUT2D eigenvalue weighted by Gasteiger charge is 2.08. The summed E-state index contributed by atoms with van der Waals surface area (Å²) in [7, 11) is 0. The Bertz CT molecular complexity index is 708. The van der Waals surface area contributed by atoms with Crippen LogP contribution in [-0.4, -0.2) is 11.0 Å². The average molecular weight is 301 g/mol. The first-order valence-electron chi connectivity index (χ1n) is 6.36. The van der Waals surface area contributed by atoms with E-state index in [0.717, 1.165) is 5.56 Å². The molecular weight excluding hydrogens is 288 g/mol. The zero-order chi connectivity index (χ0) is 15.2. The number of nitriles is 1. The fraction of sp³-hybridized carbons (Fsp3) is 0.125. The molecule has 1 amide bonds. The van der Waals surface area contributed by atoms with Gasteiger partial charge in [0, 0.05) is 11.4 Å². The number of nitrogens with zero attached hydrogens (tertiary/aromatic N) is 1. The largest absolute Gasteiger partial charge is 0.508 e. The zero-order valence-electron chi connectivity index (χ0n) is 11.1. The van der Waals surface area contributed by atoms with Gasteiger partial charge < -0.3 is 10.4 Å². The fourth-order valence-electron chi connectivity index (χ4n) is 1.90. The number of aryl methyl sites for hydroxylation is 1.